The molecule has 1 heterocycles. The van der Waals surface area contributed by atoms with Crippen molar-refractivity contribution < 1.29 is 0 Å². The first-order chi connectivity index (χ1) is 7.97. The Kier molecular flexibility index (Phi) is 3.06. The fourth-order valence-electron chi connectivity index (χ4n) is 1.72. The van der Waals surface area contributed by atoms with Gasteiger partial charge in [0.1, 0.15) is 7.85 Å². The summed E-state index contributed by atoms with van der Waals surface area (Å²) < 4.78 is 0. The summed E-state index contributed by atoms with van der Waals surface area (Å²) in [6.07, 6.45) is 1.69. The molecule has 0 saturated carbocycles. The minimum atomic E-state index is 0.188. The van der Waals surface area contributed by atoms with E-state index in [9.17, 15) is 0 Å². The SMILES string of the molecule is [B]c1ccc(-c2ccc(C(C)(C)C)cc2)nc1. The van der Waals surface area contributed by atoms with E-state index in [1.165, 1.54) is 5.56 Å². The first kappa shape index (κ1) is 11.9. The lowest BCUT2D eigenvalue weighted by molar-refractivity contribution is 0.590. The molecule has 17 heavy (non-hydrogen) atoms. The van der Waals surface area contributed by atoms with Gasteiger partial charge >= 0.3 is 0 Å². The highest BCUT2D eigenvalue weighted by atomic mass is 14.7. The second-order valence-electron chi connectivity index (χ2n) is 5.30. The summed E-state index contributed by atoms with van der Waals surface area (Å²) in [6.45, 7) is 6.64. The Bertz CT molecular complexity index is 492. The van der Waals surface area contributed by atoms with Gasteiger partial charge in [-0.05, 0) is 17.0 Å². The molecule has 1 aromatic heterocycles. The standard InChI is InChI=1S/C15H16BN/c1-15(2,3)12-6-4-11(5-7-12)14-9-8-13(16)10-17-14/h4-10H,1-3H3. The van der Waals surface area contributed by atoms with Crippen molar-refractivity contribution in [3.05, 3.63) is 48.2 Å². The topological polar surface area (TPSA) is 12.9 Å². The van der Waals surface area contributed by atoms with Crippen molar-refractivity contribution in [3.8, 4) is 11.3 Å². The molecule has 1 aromatic carbocycles. The molecule has 0 N–H and O–H groups in total. The summed E-state index contributed by atoms with van der Waals surface area (Å²) in [6, 6.07) is 12.4. The van der Waals surface area contributed by atoms with Crippen LogP contribution in [0.1, 0.15) is 26.3 Å². The van der Waals surface area contributed by atoms with Gasteiger partial charge < -0.3 is 0 Å². The maximum absolute atomic E-state index is 5.62. The van der Waals surface area contributed by atoms with Crippen LogP contribution in [0.5, 0.6) is 0 Å². The van der Waals surface area contributed by atoms with Crippen molar-refractivity contribution in [1.29, 1.82) is 0 Å². The predicted octanol–water partition coefficient (Wildman–Crippen LogP) is 2.84. The highest BCUT2D eigenvalue weighted by Crippen LogP contribution is 2.24. The van der Waals surface area contributed by atoms with Crippen LogP contribution >= 0.6 is 0 Å². The van der Waals surface area contributed by atoms with Crippen LogP contribution in [0.15, 0.2) is 42.6 Å². The van der Waals surface area contributed by atoms with E-state index in [-0.39, 0.29) is 5.41 Å². The first-order valence-corrected chi connectivity index (χ1v) is 5.79. The number of benzene rings is 1. The third-order valence-corrected chi connectivity index (χ3v) is 2.83. The Morgan fingerprint density at radius 2 is 1.59 bits per heavy atom. The number of nitrogens with zero attached hydrogens (tertiary/aromatic N) is 1. The average molecular weight is 221 g/mol. The van der Waals surface area contributed by atoms with Crippen LogP contribution in [0, 0.1) is 0 Å². The minimum Gasteiger partial charge on any atom is -0.257 e. The molecule has 0 atom stereocenters. The molecule has 0 spiro atoms. The number of rotatable bonds is 1. The molecule has 1 nitrogen and oxygen atoms in total. The maximum Gasteiger partial charge on any atom is 0.115 e. The Hall–Kier alpha value is -1.57. The monoisotopic (exact) mass is 221 g/mol. The highest BCUT2D eigenvalue weighted by Gasteiger charge is 2.13. The predicted molar refractivity (Wildman–Crippen MR) is 73.8 cm³/mol. The molecule has 0 saturated heterocycles. The Morgan fingerprint density at radius 3 is 2.06 bits per heavy atom. The average Bonchev–Trinajstić information content (AvgIpc) is 2.29. The lowest BCUT2D eigenvalue weighted by atomic mass is 9.86. The largest absolute Gasteiger partial charge is 0.257 e. The van der Waals surface area contributed by atoms with Gasteiger partial charge in [0.25, 0.3) is 0 Å². The van der Waals surface area contributed by atoms with Gasteiger partial charge in [0.2, 0.25) is 0 Å². The highest BCUT2D eigenvalue weighted by molar-refractivity contribution is 6.32. The molecule has 0 bridgehead atoms. The van der Waals surface area contributed by atoms with Crippen molar-refractivity contribution in [2.45, 2.75) is 26.2 Å². The second kappa shape index (κ2) is 4.36. The van der Waals surface area contributed by atoms with E-state index < -0.39 is 0 Å². The van der Waals surface area contributed by atoms with Crippen LogP contribution in [0.3, 0.4) is 0 Å². The van der Waals surface area contributed by atoms with Gasteiger partial charge in [0, 0.05) is 11.8 Å². The van der Waals surface area contributed by atoms with Gasteiger partial charge in [0.15, 0.2) is 0 Å². The van der Waals surface area contributed by atoms with E-state index in [2.05, 4.69) is 50.0 Å². The molecule has 0 aliphatic rings. The molecule has 0 aliphatic heterocycles. The van der Waals surface area contributed by atoms with E-state index in [1.54, 1.807) is 6.20 Å². The zero-order valence-corrected chi connectivity index (χ0v) is 10.6. The van der Waals surface area contributed by atoms with Crippen LogP contribution in [0.2, 0.25) is 0 Å². The van der Waals surface area contributed by atoms with E-state index in [0.717, 1.165) is 11.3 Å². The van der Waals surface area contributed by atoms with E-state index >= 15 is 0 Å². The lowest BCUT2D eigenvalue weighted by Gasteiger charge is -2.19. The quantitative estimate of drug-likeness (QED) is 0.674. The molecule has 84 valence electrons. The maximum atomic E-state index is 5.62. The van der Waals surface area contributed by atoms with Crippen molar-refractivity contribution in [2.75, 3.05) is 0 Å². The van der Waals surface area contributed by atoms with Crippen molar-refractivity contribution in [1.82, 2.24) is 4.98 Å². The third kappa shape index (κ3) is 2.76. The number of pyridine rings is 1. The fourth-order valence-corrected chi connectivity index (χ4v) is 1.72. The molecule has 0 amide bonds. The van der Waals surface area contributed by atoms with Crippen LogP contribution in [-0.2, 0) is 5.41 Å². The van der Waals surface area contributed by atoms with Gasteiger partial charge in [-0.25, -0.2) is 0 Å². The van der Waals surface area contributed by atoms with Crippen molar-refractivity contribution in [3.63, 3.8) is 0 Å². The Balaban J connectivity index is 2.33. The van der Waals surface area contributed by atoms with Gasteiger partial charge in [-0.1, -0.05) is 56.6 Å². The summed E-state index contributed by atoms with van der Waals surface area (Å²) in [7, 11) is 5.62. The molecule has 2 rings (SSSR count). The zero-order valence-electron chi connectivity index (χ0n) is 10.6. The third-order valence-electron chi connectivity index (χ3n) is 2.83. The first-order valence-electron chi connectivity index (χ1n) is 5.79. The molecular formula is C15H16BN. The van der Waals surface area contributed by atoms with Crippen LogP contribution in [0.4, 0.5) is 0 Å². The summed E-state index contributed by atoms with van der Waals surface area (Å²) in [5.74, 6) is 0. The smallest absolute Gasteiger partial charge is 0.115 e. The minimum absolute atomic E-state index is 0.188. The molecule has 0 unspecified atom stereocenters. The summed E-state index contributed by atoms with van der Waals surface area (Å²) in [5, 5.41) is 0. The van der Waals surface area contributed by atoms with E-state index in [4.69, 9.17) is 7.85 Å². The molecule has 2 radical (unpaired) electrons. The van der Waals surface area contributed by atoms with E-state index in [0.29, 0.717) is 5.46 Å². The molecule has 2 heteroatoms. The Labute approximate surface area is 104 Å². The van der Waals surface area contributed by atoms with Crippen LogP contribution in [-0.4, -0.2) is 12.8 Å². The lowest BCUT2D eigenvalue weighted by Crippen LogP contribution is -2.10. The van der Waals surface area contributed by atoms with Crippen molar-refractivity contribution in [2.24, 2.45) is 0 Å². The number of hydrogen-bond donors (Lipinski definition) is 0. The molecular weight excluding hydrogens is 205 g/mol. The zero-order chi connectivity index (χ0) is 12.5. The Morgan fingerprint density at radius 1 is 0.941 bits per heavy atom. The van der Waals surface area contributed by atoms with Gasteiger partial charge in [-0.15, -0.1) is 0 Å². The normalized spacial score (nSPS) is 11.5. The molecule has 0 fully saturated rings. The van der Waals surface area contributed by atoms with Gasteiger partial charge in [-0.2, -0.15) is 0 Å². The fraction of sp³-hybridized carbons (Fsp3) is 0.267. The van der Waals surface area contributed by atoms with E-state index in [1.807, 2.05) is 12.1 Å². The number of aromatic nitrogens is 1. The summed E-state index contributed by atoms with van der Waals surface area (Å²) in [5.41, 5.74) is 4.29. The van der Waals surface area contributed by atoms with Crippen LogP contribution in [0.25, 0.3) is 11.3 Å². The summed E-state index contributed by atoms with van der Waals surface area (Å²) in [4.78, 5) is 4.32. The van der Waals surface area contributed by atoms with Gasteiger partial charge in [-0.3, -0.25) is 4.98 Å². The number of hydrogen-bond acceptors (Lipinski definition) is 1. The van der Waals surface area contributed by atoms with Crippen LogP contribution < -0.4 is 5.46 Å². The van der Waals surface area contributed by atoms with Gasteiger partial charge in [0.05, 0.1) is 5.69 Å². The molecule has 0 aliphatic carbocycles. The molecule has 2 aromatic rings. The summed E-state index contributed by atoms with van der Waals surface area (Å²) >= 11 is 0. The van der Waals surface area contributed by atoms with Crippen molar-refractivity contribution >= 4 is 13.3 Å². The second-order valence-corrected chi connectivity index (χ2v) is 5.30.